The summed E-state index contributed by atoms with van der Waals surface area (Å²) >= 11 is 6.32. The summed E-state index contributed by atoms with van der Waals surface area (Å²) in [5.41, 5.74) is 4.98. The summed E-state index contributed by atoms with van der Waals surface area (Å²) in [6.07, 6.45) is 6.73. The molecule has 0 radical (unpaired) electrons. The number of nitrogens with one attached hydrogen (secondary N) is 1. The van der Waals surface area contributed by atoms with E-state index in [1.54, 1.807) is 13.2 Å². The van der Waals surface area contributed by atoms with E-state index in [1.165, 1.54) is 22.5 Å². The quantitative estimate of drug-likeness (QED) is 0.464. The number of benzene rings is 2. The molecule has 0 atom stereocenters. The zero-order valence-electron chi connectivity index (χ0n) is 16.7. The van der Waals surface area contributed by atoms with E-state index in [-0.39, 0.29) is 0 Å². The standard InChI is InChI=1S/C23H27ClN2O3/c1-29-20-10-11-21-18(15-20)7-6-17-8-9-19(24)16-22(17)26(21)14-3-2-12-25-13-4-5-23(27)28/h4-5,8-11,15-16,25H,2-3,6-7,12-14H2,1H3,(H,27,28)/b5-4+. The number of carboxylic acids is 1. The Morgan fingerprint density at radius 1 is 1.17 bits per heavy atom. The molecule has 1 heterocycles. The van der Waals surface area contributed by atoms with Gasteiger partial charge in [0, 0.05) is 35.6 Å². The Morgan fingerprint density at radius 3 is 2.79 bits per heavy atom. The van der Waals surface area contributed by atoms with Crippen molar-refractivity contribution in [3.63, 3.8) is 0 Å². The number of carboxylic acid groups (broad SMARTS) is 1. The van der Waals surface area contributed by atoms with E-state index in [2.05, 4.69) is 34.5 Å². The molecular formula is C23H27ClN2O3. The second kappa shape index (κ2) is 10.3. The molecule has 0 saturated heterocycles. The lowest BCUT2D eigenvalue weighted by atomic mass is 10.0. The number of fused-ring (bicyclic) bond motifs is 2. The van der Waals surface area contributed by atoms with Crippen LogP contribution in [-0.2, 0) is 17.6 Å². The molecule has 0 saturated carbocycles. The molecule has 5 nitrogen and oxygen atoms in total. The second-order valence-corrected chi connectivity index (χ2v) is 7.51. The van der Waals surface area contributed by atoms with Crippen molar-refractivity contribution >= 4 is 28.9 Å². The highest BCUT2D eigenvalue weighted by atomic mass is 35.5. The monoisotopic (exact) mass is 414 g/mol. The van der Waals surface area contributed by atoms with Crippen molar-refractivity contribution in [3.8, 4) is 5.75 Å². The highest BCUT2D eigenvalue weighted by Crippen LogP contribution is 2.38. The first-order chi connectivity index (χ1) is 14.1. The first-order valence-electron chi connectivity index (χ1n) is 9.91. The normalized spacial score (nSPS) is 13.1. The van der Waals surface area contributed by atoms with Gasteiger partial charge in [0.25, 0.3) is 0 Å². The fourth-order valence-electron chi connectivity index (χ4n) is 3.66. The number of rotatable bonds is 9. The van der Waals surface area contributed by atoms with E-state index in [4.69, 9.17) is 21.4 Å². The van der Waals surface area contributed by atoms with Gasteiger partial charge in [-0.2, -0.15) is 0 Å². The molecule has 3 rings (SSSR count). The molecule has 0 aromatic heterocycles. The minimum Gasteiger partial charge on any atom is -0.497 e. The summed E-state index contributed by atoms with van der Waals surface area (Å²) in [6.45, 7) is 2.30. The number of nitrogens with zero attached hydrogens (tertiary/aromatic N) is 1. The van der Waals surface area contributed by atoms with Crippen LogP contribution in [0.25, 0.3) is 0 Å². The Labute approximate surface area is 176 Å². The molecule has 0 spiro atoms. The Bertz CT molecular complexity index is 882. The summed E-state index contributed by atoms with van der Waals surface area (Å²) in [5.74, 6) is -0.0353. The summed E-state index contributed by atoms with van der Waals surface area (Å²) in [7, 11) is 1.70. The Morgan fingerprint density at radius 2 is 2.00 bits per heavy atom. The van der Waals surface area contributed by atoms with Crippen LogP contribution >= 0.6 is 11.6 Å². The molecule has 0 unspecified atom stereocenters. The average Bonchev–Trinajstić information content (AvgIpc) is 2.86. The van der Waals surface area contributed by atoms with E-state index in [0.29, 0.717) is 6.54 Å². The molecule has 1 aliphatic rings. The molecule has 2 N–H and O–H groups in total. The van der Waals surface area contributed by atoms with Crippen LogP contribution in [0.15, 0.2) is 48.6 Å². The number of aliphatic carboxylic acids is 1. The van der Waals surface area contributed by atoms with Crippen molar-refractivity contribution in [2.24, 2.45) is 0 Å². The number of ether oxygens (including phenoxy) is 1. The average molecular weight is 415 g/mol. The van der Waals surface area contributed by atoms with Crippen LogP contribution in [0.3, 0.4) is 0 Å². The number of methoxy groups -OCH3 is 1. The van der Waals surface area contributed by atoms with Gasteiger partial charge >= 0.3 is 5.97 Å². The van der Waals surface area contributed by atoms with Crippen LogP contribution in [-0.4, -0.2) is 37.8 Å². The molecule has 0 aliphatic carbocycles. The topological polar surface area (TPSA) is 61.8 Å². The van der Waals surface area contributed by atoms with Gasteiger partial charge in [0.05, 0.1) is 7.11 Å². The SMILES string of the molecule is COc1ccc2c(c1)CCc1ccc(Cl)cc1N2CCCCNC/C=C/C(=O)O. The lowest BCUT2D eigenvalue weighted by Crippen LogP contribution is -2.22. The van der Waals surface area contributed by atoms with Gasteiger partial charge in [0.2, 0.25) is 0 Å². The lowest BCUT2D eigenvalue weighted by molar-refractivity contribution is -0.131. The summed E-state index contributed by atoms with van der Waals surface area (Å²) < 4.78 is 5.42. The Kier molecular flexibility index (Phi) is 7.55. The lowest BCUT2D eigenvalue weighted by Gasteiger charge is -2.27. The second-order valence-electron chi connectivity index (χ2n) is 7.07. The maximum Gasteiger partial charge on any atom is 0.328 e. The molecule has 2 aromatic carbocycles. The fraction of sp³-hybridized carbons (Fsp3) is 0.348. The smallest absolute Gasteiger partial charge is 0.328 e. The number of aryl methyl sites for hydroxylation is 2. The van der Waals surface area contributed by atoms with Gasteiger partial charge in [0.15, 0.2) is 0 Å². The number of hydrogen-bond donors (Lipinski definition) is 2. The van der Waals surface area contributed by atoms with Crippen molar-refractivity contribution in [1.82, 2.24) is 5.32 Å². The van der Waals surface area contributed by atoms with Gasteiger partial charge in [-0.3, -0.25) is 0 Å². The molecule has 0 bridgehead atoms. The van der Waals surface area contributed by atoms with Crippen LogP contribution in [0.1, 0.15) is 24.0 Å². The van der Waals surface area contributed by atoms with Crippen molar-refractivity contribution in [2.75, 3.05) is 31.6 Å². The van der Waals surface area contributed by atoms with E-state index in [0.717, 1.165) is 55.6 Å². The summed E-state index contributed by atoms with van der Waals surface area (Å²) in [4.78, 5) is 12.8. The third-order valence-corrected chi connectivity index (χ3v) is 5.32. The van der Waals surface area contributed by atoms with Crippen LogP contribution in [0.2, 0.25) is 5.02 Å². The van der Waals surface area contributed by atoms with Gasteiger partial charge < -0.3 is 20.1 Å². The van der Waals surface area contributed by atoms with Crippen LogP contribution in [0.4, 0.5) is 11.4 Å². The van der Waals surface area contributed by atoms with Crippen molar-refractivity contribution in [1.29, 1.82) is 0 Å². The number of carbonyl (C=O) groups is 1. The number of anilines is 2. The molecule has 2 aromatic rings. The van der Waals surface area contributed by atoms with E-state index in [1.807, 2.05) is 12.1 Å². The van der Waals surface area contributed by atoms with Gasteiger partial charge in [-0.15, -0.1) is 0 Å². The summed E-state index contributed by atoms with van der Waals surface area (Å²) in [5, 5.41) is 12.6. The number of unbranched alkanes of at least 4 members (excludes halogenated alkanes) is 1. The maximum atomic E-state index is 10.5. The number of halogens is 1. The van der Waals surface area contributed by atoms with Crippen LogP contribution < -0.4 is 15.0 Å². The molecule has 0 amide bonds. The highest BCUT2D eigenvalue weighted by molar-refractivity contribution is 6.30. The van der Waals surface area contributed by atoms with E-state index in [9.17, 15) is 4.79 Å². The van der Waals surface area contributed by atoms with Crippen molar-refractivity contribution < 1.29 is 14.6 Å². The van der Waals surface area contributed by atoms with Crippen LogP contribution in [0.5, 0.6) is 5.75 Å². The van der Waals surface area contributed by atoms with Gasteiger partial charge in [-0.05, 0) is 73.7 Å². The minimum atomic E-state index is -0.916. The minimum absolute atomic E-state index is 0.567. The molecule has 0 fully saturated rings. The predicted octanol–water partition coefficient (Wildman–Crippen LogP) is 4.60. The fourth-order valence-corrected chi connectivity index (χ4v) is 3.82. The molecule has 29 heavy (non-hydrogen) atoms. The zero-order valence-corrected chi connectivity index (χ0v) is 17.4. The molecule has 154 valence electrons. The number of hydrogen-bond acceptors (Lipinski definition) is 4. The van der Waals surface area contributed by atoms with E-state index >= 15 is 0 Å². The molecule has 6 heteroatoms. The van der Waals surface area contributed by atoms with Crippen molar-refractivity contribution in [3.05, 3.63) is 64.7 Å². The van der Waals surface area contributed by atoms with E-state index < -0.39 is 5.97 Å². The molecular weight excluding hydrogens is 388 g/mol. The highest BCUT2D eigenvalue weighted by Gasteiger charge is 2.21. The third kappa shape index (κ3) is 5.75. The van der Waals surface area contributed by atoms with Gasteiger partial charge in [0.1, 0.15) is 5.75 Å². The molecule has 1 aliphatic heterocycles. The van der Waals surface area contributed by atoms with Gasteiger partial charge in [-0.25, -0.2) is 4.79 Å². The summed E-state index contributed by atoms with van der Waals surface area (Å²) in [6, 6.07) is 12.4. The predicted molar refractivity (Wildman–Crippen MR) is 118 cm³/mol. The first-order valence-corrected chi connectivity index (χ1v) is 10.3. The van der Waals surface area contributed by atoms with Crippen LogP contribution in [0, 0.1) is 0 Å². The van der Waals surface area contributed by atoms with Crippen molar-refractivity contribution in [2.45, 2.75) is 25.7 Å². The Hall–Kier alpha value is -2.50. The van der Waals surface area contributed by atoms with Gasteiger partial charge in [-0.1, -0.05) is 23.7 Å². The largest absolute Gasteiger partial charge is 0.497 e. The Balaban J connectivity index is 1.69. The third-order valence-electron chi connectivity index (χ3n) is 5.09. The first kappa shape index (κ1) is 21.2. The maximum absolute atomic E-state index is 10.5. The zero-order chi connectivity index (χ0) is 20.6.